The molecule has 150 valence electrons. The molecule has 0 saturated carbocycles. The summed E-state index contributed by atoms with van der Waals surface area (Å²) < 4.78 is 38.8. The Morgan fingerprint density at radius 2 is 1.86 bits per heavy atom. The third-order valence-electron chi connectivity index (χ3n) is 5.17. The average Bonchev–Trinajstić information content (AvgIpc) is 3.23. The van der Waals surface area contributed by atoms with Crippen LogP contribution in [-0.2, 0) is 6.18 Å². The number of nitrogens with zero attached hydrogens (tertiary/aromatic N) is 2. The summed E-state index contributed by atoms with van der Waals surface area (Å²) in [6, 6.07) is 8.16. The van der Waals surface area contributed by atoms with Crippen molar-refractivity contribution in [3.8, 4) is 0 Å². The first-order valence-electron chi connectivity index (χ1n) is 8.81. The minimum atomic E-state index is -4.43. The van der Waals surface area contributed by atoms with Crippen LogP contribution in [0.2, 0.25) is 0 Å². The van der Waals surface area contributed by atoms with Gasteiger partial charge >= 0.3 is 6.18 Å². The molecule has 3 heterocycles. The Morgan fingerprint density at radius 1 is 1.14 bits per heavy atom. The minimum absolute atomic E-state index is 0. The maximum absolute atomic E-state index is 13.0. The molecular weight excluding hydrogens is 393 g/mol. The number of alkyl halides is 3. The van der Waals surface area contributed by atoms with Gasteiger partial charge in [-0.3, -0.25) is 4.79 Å². The fraction of sp³-hybridized carbons (Fsp3) is 0.368. The molecule has 1 aromatic carbocycles. The molecule has 2 aliphatic heterocycles. The topological polar surface area (TPSA) is 57.3 Å². The smallest absolute Gasteiger partial charge is 0.340 e. The summed E-state index contributed by atoms with van der Waals surface area (Å²) >= 11 is 0. The lowest BCUT2D eigenvalue weighted by molar-refractivity contribution is -0.137. The SMILES string of the molecule is Cl.O=C(c1cccnc1Nc1cccc(C(F)(F)F)c1)N1C[C@H]2CNC[C@H]2C1. The van der Waals surface area contributed by atoms with Crippen molar-refractivity contribution >= 4 is 29.8 Å². The molecule has 2 aromatic rings. The minimum Gasteiger partial charge on any atom is -0.340 e. The summed E-state index contributed by atoms with van der Waals surface area (Å²) in [7, 11) is 0. The zero-order chi connectivity index (χ0) is 19.0. The number of carbonyl (C=O) groups is 1. The Hall–Kier alpha value is -2.32. The predicted molar refractivity (Wildman–Crippen MR) is 102 cm³/mol. The molecule has 28 heavy (non-hydrogen) atoms. The lowest BCUT2D eigenvalue weighted by Gasteiger charge is -2.19. The van der Waals surface area contributed by atoms with E-state index in [1.807, 2.05) is 4.90 Å². The van der Waals surface area contributed by atoms with Crippen molar-refractivity contribution in [3.05, 3.63) is 53.7 Å². The fourth-order valence-corrected chi connectivity index (χ4v) is 3.78. The number of halogens is 4. The molecule has 9 heteroatoms. The number of pyridine rings is 1. The predicted octanol–water partition coefficient (Wildman–Crippen LogP) is 3.56. The van der Waals surface area contributed by atoms with Gasteiger partial charge < -0.3 is 15.5 Å². The number of hydrogen-bond donors (Lipinski definition) is 2. The van der Waals surface area contributed by atoms with Crippen LogP contribution in [0.4, 0.5) is 24.7 Å². The van der Waals surface area contributed by atoms with Crippen molar-refractivity contribution in [2.45, 2.75) is 6.18 Å². The van der Waals surface area contributed by atoms with Gasteiger partial charge in [-0.25, -0.2) is 4.98 Å². The van der Waals surface area contributed by atoms with Crippen LogP contribution in [0.15, 0.2) is 42.6 Å². The standard InChI is InChI=1S/C19H19F3N4O.ClH/c20-19(21,22)14-3-1-4-15(7-14)25-17-16(5-2-6-24-17)18(27)26-10-12-8-23-9-13(12)11-26;/h1-7,12-13,23H,8-11H2,(H,24,25);1H/t12-,13+;. The quantitative estimate of drug-likeness (QED) is 0.809. The Labute approximate surface area is 166 Å². The van der Waals surface area contributed by atoms with Gasteiger partial charge in [-0.2, -0.15) is 13.2 Å². The molecule has 2 fully saturated rings. The van der Waals surface area contributed by atoms with Crippen molar-refractivity contribution in [1.82, 2.24) is 15.2 Å². The molecule has 5 nitrogen and oxygen atoms in total. The van der Waals surface area contributed by atoms with Crippen molar-refractivity contribution in [3.63, 3.8) is 0 Å². The zero-order valence-electron chi connectivity index (χ0n) is 14.9. The maximum atomic E-state index is 13.0. The number of anilines is 2. The summed E-state index contributed by atoms with van der Waals surface area (Å²) in [6.07, 6.45) is -2.92. The van der Waals surface area contributed by atoms with Gasteiger partial charge in [0.05, 0.1) is 11.1 Å². The second-order valence-corrected chi connectivity index (χ2v) is 6.99. The van der Waals surface area contributed by atoms with E-state index in [1.54, 1.807) is 12.1 Å². The summed E-state index contributed by atoms with van der Waals surface area (Å²) in [5, 5.41) is 6.20. The van der Waals surface area contributed by atoms with Gasteiger partial charge in [-0.1, -0.05) is 6.07 Å². The normalized spacial score (nSPS) is 21.2. The van der Waals surface area contributed by atoms with Crippen LogP contribution >= 0.6 is 12.4 Å². The molecule has 2 saturated heterocycles. The molecule has 1 aromatic heterocycles. The van der Waals surface area contributed by atoms with Crippen molar-refractivity contribution in [2.24, 2.45) is 11.8 Å². The number of nitrogens with one attached hydrogen (secondary N) is 2. The second kappa shape index (κ2) is 7.97. The van der Waals surface area contributed by atoms with E-state index in [1.165, 1.54) is 18.3 Å². The summed E-state index contributed by atoms with van der Waals surface area (Å²) in [5.74, 6) is 1.04. The van der Waals surface area contributed by atoms with Crippen molar-refractivity contribution in [1.29, 1.82) is 0 Å². The molecule has 0 bridgehead atoms. The number of benzene rings is 1. The summed E-state index contributed by atoms with van der Waals surface area (Å²) in [5.41, 5.74) is -0.154. The third-order valence-corrected chi connectivity index (χ3v) is 5.17. The Bertz CT molecular complexity index is 849. The molecule has 2 aliphatic rings. The molecule has 0 radical (unpaired) electrons. The van der Waals surface area contributed by atoms with E-state index in [9.17, 15) is 18.0 Å². The van der Waals surface area contributed by atoms with Crippen LogP contribution < -0.4 is 10.6 Å². The van der Waals surface area contributed by atoms with Gasteiger partial charge in [0.15, 0.2) is 0 Å². The first kappa shape index (κ1) is 20.4. The average molecular weight is 413 g/mol. The molecule has 2 N–H and O–H groups in total. The Morgan fingerprint density at radius 3 is 2.54 bits per heavy atom. The van der Waals surface area contributed by atoms with Crippen LogP contribution in [0.25, 0.3) is 0 Å². The first-order valence-corrected chi connectivity index (χ1v) is 8.81. The summed E-state index contributed by atoms with van der Waals surface area (Å²) in [6.45, 7) is 3.20. The summed E-state index contributed by atoms with van der Waals surface area (Å²) in [4.78, 5) is 18.9. The van der Waals surface area contributed by atoms with E-state index < -0.39 is 11.7 Å². The monoisotopic (exact) mass is 412 g/mol. The van der Waals surface area contributed by atoms with Gasteiger partial charge in [0.2, 0.25) is 0 Å². The van der Waals surface area contributed by atoms with Gasteiger partial charge in [0.1, 0.15) is 5.82 Å². The number of carbonyl (C=O) groups excluding carboxylic acids is 1. The number of likely N-dealkylation sites (tertiary alicyclic amines) is 1. The third kappa shape index (κ3) is 4.07. The number of amides is 1. The van der Waals surface area contributed by atoms with Gasteiger partial charge in [0.25, 0.3) is 5.91 Å². The van der Waals surface area contributed by atoms with Crippen LogP contribution in [0.1, 0.15) is 15.9 Å². The second-order valence-electron chi connectivity index (χ2n) is 6.99. The molecule has 0 spiro atoms. The molecule has 0 unspecified atom stereocenters. The van der Waals surface area contributed by atoms with Crippen LogP contribution in [0.5, 0.6) is 0 Å². The maximum Gasteiger partial charge on any atom is 0.416 e. The van der Waals surface area contributed by atoms with Crippen molar-refractivity contribution < 1.29 is 18.0 Å². The van der Waals surface area contributed by atoms with E-state index >= 15 is 0 Å². The number of aromatic nitrogens is 1. The number of rotatable bonds is 3. The zero-order valence-corrected chi connectivity index (χ0v) is 15.7. The van der Waals surface area contributed by atoms with E-state index in [4.69, 9.17) is 0 Å². The largest absolute Gasteiger partial charge is 0.416 e. The molecular formula is C19H20ClF3N4O. The lowest BCUT2D eigenvalue weighted by atomic mass is 10.0. The highest BCUT2D eigenvalue weighted by Crippen LogP contribution is 2.32. The van der Waals surface area contributed by atoms with Gasteiger partial charge in [-0.05, 0) is 42.2 Å². The number of hydrogen-bond acceptors (Lipinski definition) is 4. The van der Waals surface area contributed by atoms with E-state index in [-0.39, 0.29) is 29.8 Å². The fourth-order valence-electron chi connectivity index (χ4n) is 3.78. The molecule has 0 aliphatic carbocycles. The Balaban J connectivity index is 0.00000225. The van der Waals surface area contributed by atoms with Crippen LogP contribution in [0, 0.1) is 11.8 Å². The molecule has 4 rings (SSSR count). The Kier molecular flexibility index (Phi) is 5.81. The number of fused-ring (bicyclic) bond motifs is 1. The van der Waals surface area contributed by atoms with Crippen molar-refractivity contribution in [2.75, 3.05) is 31.5 Å². The first-order chi connectivity index (χ1) is 12.9. The highest BCUT2D eigenvalue weighted by molar-refractivity contribution is 5.99. The molecule has 1 amide bonds. The van der Waals surface area contributed by atoms with E-state index in [0.717, 1.165) is 25.2 Å². The highest BCUT2D eigenvalue weighted by Gasteiger charge is 2.38. The van der Waals surface area contributed by atoms with Crippen LogP contribution in [-0.4, -0.2) is 42.0 Å². The van der Waals surface area contributed by atoms with E-state index in [0.29, 0.717) is 30.5 Å². The van der Waals surface area contributed by atoms with Gasteiger partial charge in [-0.15, -0.1) is 12.4 Å². The van der Waals surface area contributed by atoms with Crippen LogP contribution in [0.3, 0.4) is 0 Å². The van der Waals surface area contributed by atoms with Gasteiger partial charge in [0, 0.05) is 38.1 Å². The lowest BCUT2D eigenvalue weighted by Crippen LogP contribution is -2.32. The molecule has 2 atom stereocenters. The highest BCUT2D eigenvalue weighted by atomic mass is 35.5. The van der Waals surface area contributed by atoms with E-state index in [2.05, 4.69) is 15.6 Å².